The van der Waals surface area contributed by atoms with Crippen LogP contribution in [0.3, 0.4) is 0 Å². The minimum atomic E-state index is -0.591. The molecule has 0 saturated carbocycles. The SMILES string of the molecule is O=C(CCOc1ccc(F)cc1)NCCC(O)c1ccccc1. The molecule has 0 heterocycles. The molecule has 23 heavy (non-hydrogen) atoms. The maximum Gasteiger partial charge on any atom is 0.223 e. The molecule has 2 aromatic rings. The first-order valence-electron chi connectivity index (χ1n) is 7.53. The van der Waals surface area contributed by atoms with Gasteiger partial charge in [0.2, 0.25) is 5.91 Å². The summed E-state index contributed by atoms with van der Waals surface area (Å²) in [7, 11) is 0. The Balaban J connectivity index is 1.61. The molecule has 122 valence electrons. The van der Waals surface area contributed by atoms with Gasteiger partial charge in [-0.2, -0.15) is 0 Å². The molecule has 0 bridgehead atoms. The van der Waals surface area contributed by atoms with Crippen LogP contribution < -0.4 is 10.1 Å². The number of nitrogens with one attached hydrogen (secondary N) is 1. The number of halogens is 1. The van der Waals surface area contributed by atoms with Gasteiger partial charge in [-0.1, -0.05) is 30.3 Å². The number of ether oxygens (including phenoxy) is 1. The fourth-order valence-corrected chi connectivity index (χ4v) is 2.07. The van der Waals surface area contributed by atoms with Crippen LogP contribution in [0, 0.1) is 5.82 Å². The second-order valence-electron chi connectivity index (χ2n) is 5.12. The molecule has 2 rings (SSSR count). The van der Waals surface area contributed by atoms with E-state index in [4.69, 9.17) is 4.74 Å². The first-order valence-corrected chi connectivity index (χ1v) is 7.53. The molecule has 0 aliphatic carbocycles. The van der Waals surface area contributed by atoms with Gasteiger partial charge in [-0.05, 0) is 36.2 Å². The number of benzene rings is 2. The van der Waals surface area contributed by atoms with E-state index in [2.05, 4.69) is 5.32 Å². The quantitative estimate of drug-likeness (QED) is 0.787. The first-order chi connectivity index (χ1) is 11.1. The van der Waals surface area contributed by atoms with Crippen LogP contribution in [0.25, 0.3) is 0 Å². The molecule has 0 fully saturated rings. The second kappa shape index (κ2) is 8.90. The summed E-state index contributed by atoms with van der Waals surface area (Å²) >= 11 is 0. The number of carbonyl (C=O) groups is 1. The van der Waals surface area contributed by atoms with Gasteiger partial charge in [0.05, 0.1) is 19.1 Å². The number of rotatable bonds is 8. The van der Waals surface area contributed by atoms with E-state index in [-0.39, 0.29) is 24.8 Å². The van der Waals surface area contributed by atoms with Gasteiger partial charge in [0.1, 0.15) is 11.6 Å². The maximum absolute atomic E-state index is 12.7. The highest BCUT2D eigenvalue weighted by Gasteiger charge is 2.08. The summed E-state index contributed by atoms with van der Waals surface area (Å²) in [5.74, 6) is 0.0538. The number of hydrogen-bond donors (Lipinski definition) is 2. The van der Waals surface area contributed by atoms with Gasteiger partial charge < -0.3 is 15.2 Å². The van der Waals surface area contributed by atoms with Crippen molar-refractivity contribution in [3.63, 3.8) is 0 Å². The fraction of sp³-hybridized carbons (Fsp3) is 0.278. The third kappa shape index (κ3) is 6.08. The highest BCUT2D eigenvalue weighted by Crippen LogP contribution is 2.15. The van der Waals surface area contributed by atoms with Gasteiger partial charge in [0, 0.05) is 6.54 Å². The molecule has 1 unspecified atom stereocenters. The third-order valence-electron chi connectivity index (χ3n) is 3.34. The van der Waals surface area contributed by atoms with Crippen LogP contribution in [0.2, 0.25) is 0 Å². The van der Waals surface area contributed by atoms with Crippen molar-refractivity contribution in [2.45, 2.75) is 18.9 Å². The van der Waals surface area contributed by atoms with Crippen LogP contribution in [0.5, 0.6) is 5.75 Å². The van der Waals surface area contributed by atoms with Crippen LogP contribution in [-0.2, 0) is 4.79 Å². The lowest BCUT2D eigenvalue weighted by molar-refractivity contribution is -0.121. The molecule has 0 radical (unpaired) electrons. The highest BCUT2D eigenvalue weighted by molar-refractivity contribution is 5.75. The largest absolute Gasteiger partial charge is 0.493 e. The maximum atomic E-state index is 12.7. The van der Waals surface area contributed by atoms with Crippen molar-refractivity contribution in [3.05, 3.63) is 66.0 Å². The van der Waals surface area contributed by atoms with Crippen molar-refractivity contribution in [1.29, 1.82) is 0 Å². The van der Waals surface area contributed by atoms with Gasteiger partial charge in [0.25, 0.3) is 0 Å². The van der Waals surface area contributed by atoms with E-state index in [1.54, 1.807) is 0 Å². The Morgan fingerprint density at radius 2 is 1.83 bits per heavy atom. The Kier molecular flexibility index (Phi) is 6.56. The fourth-order valence-electron chi connectivity index (χ4n) is 2.07. The van der Waals surface area contributed by atoms with Crippen molar-refractivity contribution >= 4 is 5.91 Å². The van der Waals surface area contributed by atoms with Crippen molar-refractivity contribution in [2.24, 2.45) is 0 Å². The summed E-state index contributed by atoms with van der Waals surface area (Å²) in [6.45, 7) is 0.615. The molecule has 0 saturated heterocycles. The molecule has 0 aliphatic heterocycles. The van der Waals surface area contributed by atoms with Gasteiger partial charge >= 0.3 is 0 Å². The molecular weight excluding hydrogens is 297 g/mol. The standard InChI is InChI=1S/C18H20FNO3/c19-15-6-8-16(9-7-15)23-13-11-18(22)20-12-10-17(21)14-4-2-1-3-5-14/h1-9,17,21H,10-13H2,(H,20,22). The minimum absolute atomic E-state index is 0.146. The van der Waals surface area contributed by atoms with E-state index in [0.717, 1.165) is 5.56 Å². The first kappa shape index (κ1) is 17.0. The Labute approximate surface area is 134 Å². The molecule has 2 N–H and O–H groups in total. The van der Waals surface area contributed by atoms with Crippen LogP contribution in [-0.4, -0.2) is 24.2 Å². The molecule has 4 nitrogen and oxygen atoms in total. The molecule has 1 atom stereocenters. The number of amides is 1. The summed E-state index contributed by atoms with van der Waals surface area (Å²) in [6, 6.07) is 15.0. The van der Waals surface area contributed by atoms with Crippen molar-refractivity contribution in [3.8, 4) is 5.75 Å². The number of carbonyl (C=O) groups excluding carboxylic acids is 1. The lowest BCUT2D eigenvalue weighted by Gasteiger charge is -2.12. The third-order valence-corrected chi connectivity index (χ3v) is 3.34. The van der Waals surface area contributed by atoms with Crippen molar-refractivity contribution < 1.29 is 19.0 Å². The average molecular weight is 317 g/mol. The lowest BCUT2D eigenvalue weighted by atomic mass is 10.1. The summed E-state index contributed by atoms with van der Waals surface area (Å²) in [5, 5.41) is 12.7. The van der Waals surface area contributed by atoms with E-state index >= 15 is 0 Å². The topological polar surface area (TPSA) is 58.6 Å². The van der Waals surface area contributed by atoms with E-state index in [0.29, 0.717) is 18.7 Å². The Morgan fingerprint density at radius 3 is 2.52 bits per heavy atom. The summed E-state index contributed by atoms with van der Waals surface area (Å²) in [5.41, 5.74) is 0.835. The van der Waals surface area contributed by atoms with Gasteiger partial charge in [-0.3, -0.25) is 4.79 Å². The summed E-state index contributed by atoms with van der Waals surface area (Å²) in [4.78, 5) is 11.7. The molecule has 0 aliphatic rings. The molecule has 0 spiro atoms. The van der Waals surface area contributed by atoms with E-state index in [9.17, 15) is 14.3 Å². The van der Waals surface area contributed by atoms with Gasteiger partial charge in [0.15, 0.2) is 0 Å². The van der Waals surface area contributed by atoms with E-state index in [1.165, 1.54) is 24.3 Å². The lowest BCUT2D eigenvalue weighted by Crippen LogP contribution is -2.27. The Hall–Kier alpha value is -2.40. The number of hydrogen-bond acceptors (Lipinski definition) is 3. The summed E-state index contributed by atoms with van der Waals surface area (Å²) in [6.07, 6.45) is 0.0693. The van der Waals surface area contributed by atoms with Gasteiger partial charge in [-0.25, -0.2) is 4.39 Å². The normalized spacial score (nSPS) is 11.7. The minimum Gasteiger partial charge on any atom is -0.493 e. The zero-order valence-electron chi connectivity index (χ0n) is 12.7. The zero-order chi connectivity index (χ0) is 16.5. The highest BCUT2D eigenvalue weighted by atomic mass is 19.1. The smallest absolute Gasteiger partial charge is 0.223 e. The van der Waals surface area contributed by atoms with Crippen LogP contribution in [0.4, 0.5) is 4.39 Å². The molecule has 5 heteroatoms. The monoisotopic (exact) mass is 317 g/mol. The molecule has 1 amide bonds. The van der Waals surface area contributed by atoms with Crippen molar-refractivity contribution in [2.75, 3.05) is 13.2 Å². The van der Waals surface area contributed by atoms with E-state index < -0.39 is 6.10 Å². The number of aliphatic hydroxyl groups is 1. The van der Waals surface area contributed by atoms with E-state index in [1.807, 2.05) is 30.3 Å². The average Bonchev–Trinajstić information content (AvgIpc) is 2.57. The van der Waals surface area contributed by atoms with Crippen molar-refractivity contribution in [1.82, 2.24) is 5.32 Å². The second-order valence-corrected chi connectivity index (χ2v) is 5.12. The zero-order valence-corrected chi connectivity index (χ0v) is 12.7. The molecular formula is C18H20FNO3. The Bertz CT molecular complexity index is 601. The Morgan fingerprint density at radius 1 is 1.13 bits per heavy atom. The van der Waals surface area contributed by atoms with Crippen LogP contribution >= 0.6 is 0 Å². The van der Waals surface area contributed by atoms with Gasteiger partial charge in [-0.15, -0.1) is 0 Å². The predicted octanol–water partition coefficient (Wildman–Crippen LogP) is 2.83. The molecule has 0 aromatic heterocycles. The number of aliphatic hydroxyl groups excluding tert-OH is 1. The van der Waals surface area contributed by atoms with Crippen LogP contribution in [0.1, 0.15) is 24.5 Å². The summed E-state index contributed by atoms with van der Waals surface area (Å²) < 4.78 is 18.1. The predicted molar refractivity (Wildman–Crippen MR) is 85.5 cm³/mol. The van der Waals surface area contributed by atoms with Crippen LogP contribution in [0.15, 0.2) is 54.6 Å². The molecule has 2 aromatic carbocycles.